The van der Waals surface area contributed by atoms with Crippen LogP contribution in [0.15, 0.2) is 47.7 Å². The van der Waals surface area contributed by atoms with E-state index in [9.17, 15) is 19.8 Å². The second-order valence-electron chi connectivity index (χ2n) is 11.8. The van der Waals surface area contributed by atoms with Gasteiger partial charge in [0, 0.05) is 18.2 Å². The molecule has 2 amide bonds. The summed E-state index contributed by atoms with van der Waals surface area (Å²) in [7, 11) is 1.53. The summed E-state index contributed by atoms with van der Waals surface area (Å²) in [4.78, 5) is 33.5. The molecule has 1 aromatic carbocycles. The first-order chi connectivity index (χ1) is 20.4. The SMILES string of the molecule is COc1cc(/C=C(/CC[C@H]2OC[C@H]3C2=C(CO)C[C@H]2C(=O)N(C4CCCCC4)C(=O)[C@H]23)c2ccccn2)cc(I)c1O. The van der Waals surface area contributed by atoms with Gasteiger partial charge >= 0.3 is 0 Å². The maximum absolute atomic E-state index is 13.8. The number of hydrogen-bond donors (Lipinski definition) is 2. The molecule has 3 heterocycles. The van der Waals surface area contributed by atoms with Crippen LogP contribution in [-0.2, 0) is 14.3 Å². The molecule has 2 aromatic rings. The van der Waals surface area contributed by atoms with E-state index in [-0.39, 0.29) is 42.2 Å². The minimum absolute atomic E-state index is 0.0103. The van der Waals surface area contributed by atoms with Crippen LogP contribution in [0.3, 0.4) is 0 Å². The van der Waals surface area contributed by atoms with Gasteiger partial charge in [0.2, 0.25) is 11.8 Å². The Morgan fingerprint density at radius 1 is 1.17 bits per heavy atom. The number of rotatable bonds is 8. The third-order valence-electron chi connectivity index (χ3n) is 9.45. The lowest BCUT2D eigenvalue weighted by molar-refractivity contribution is -0.143. The molecule has 8 nitrogen and oxygen atoms in total. The van der Waals surface area contributed by atoms with Crippen LogP contribution in [0, 0.1) is 21.3 Å². The van der Waals surface area contributed by atoms with Gasteiger partial charge in [-0.1, -0.05) is 25.3 Å². The zero-order valence-corrected chi connectivity index (χ0v) is 26.0. The predicted molar refractivity (Wildman–Crippen MR) is 166 cm³/mol. The fourth-order valence-electron chi connectivity index (χ4n) is 7.49. The van der Waals surface area contributed by atoms with Crippen molar-refractivity contribution in [3.05, 3.63) is 62.5 Å². The lowest BCUT2D eigenvalue weighted by atomic mass is 9.69. The molecule has 3 fully saturated rings. The Hall–Kier alpha value is -2.76. The molecule has 0 unspecified atom stereocenters. The van der Waals surface area contributed by atoms with Crippen LogP contribution in [0.25, 0.3) is 11.6 Å². The first-order valence-electron chi connectivity index (χ1n) is 14.9. The van der Waals surface area contributed by atoms with Gasteiger partial charge in [-0.2, -0.15) is 0 Å². The number of imide groups is 1. The normalized spacial score (nSPS) is 26.5. The molecule has 6 rings (SSSR count). The highest BCUT2D eigenvalue weighted by Crippen LogP contribution is 2.51. The number of methoxy groups -OCH3 is 1. The van der Waals surface area contributed by atoms with Gasteiger partial charge in [-0.25, -0.2) is 0 Å². The number of amides is 2. The van der Waals surface area contributed by atoms with Crippen LogP contribution in [0.2, 0.25) is 0 Å². The van der Waals surface area contributed by atoms with E-state index in [1.807, 2.05) is 24.3 Å². The third kappa shape index (κ3) is 5.39. The predicted octanol–water partition coefficient (Wildman–Crippen LogP) is 5.36. The average Bonchev–Trinajstić information content (AvgIpc) is 3.55. The summed E-state index contributed by atoms with van der Waals surface area (Å²) in [6.07, 6.45) is 10.3. The monoisotopic (exact) mass is 684 g/mol. The molecule has 222 valence electrons. The number of pyridine rings is 1. The van der Waals surface area contributed by atoms with Crippen molar-refractivity contribution in [3.63, 3.8) is 0 Å². The zero-order valence-electron chi connectivity index (χ0n) is 23.8. The molecule has 2 N–H and O–H groups in total. The number of benzene rings is 1. The Labute approximate surface area is 259 Å². The van der Waals surface area contributed by atoms with Crippen molar-refractivity contribution in [2.24, 2.45) is 17.8 Å². The summed E-state index contributed by atoms with van der Waals surface area (Å²) < 4.78 is 12.4. The first kappa shape index (κ1) is 29.3. The number of allylic oxidation sites excluding steroid dienone is 1. The van der Waals surface area contributed by atoms with Crippen molar-refractivity contribution in [2.75, 3.05) is 20.3 Å². The molecule has 0 bridgehead atoms. The van der Waals surface area contributed by atoms with E-state index < -0.39 is 11.8 Å². The third-order valence-corrected chi connectivity index (χ3v) is 10.3. The second-order valence-corrected chi connectivity index (χ2v) is 13.0. The Morgan fingerprint density at radius 2 is 1.98 bits per heavy atom. The van der Waals surface area contributed by atoms with Crippen LogP contribution in [0.1, 0.15) is 62.6 Å². The van der Waals surface area contributed by atoms with Crippen LogP contribution in [0.5, 0.6) is 11.5 Å². The number of fused-ring (bicyclic) bond motifs is 3. The number of aliphatic hydroxyl groups excluding tert-OH is 1. The molecule has 4 atom stereocenters. The number of halogens is 1. The molecule has 4 aliphatic rings. The van der Waals surface area contributed by atoms with Gasteiger partial charge in [0.15, 0.2) is 11.5 Å². The molecule has 42 heavy (non-hydrogen) atoms. The lowest BCUT2D eigenvalue weighted by Gasteiger charge is -2.31. The molecule has 2 saturated heterocycles. The molecule has 0 radical (unpaired) electrons. The number of carbonyl (C=O) groups is 2. The van der Waals surface area contributed by atoms with Crippen LogP contribution < -0.4 is 4.74 Å². The number of phenols is 1. The standard InChI is InChI=1S/C33H37IN2O6/c1-41-28-15-19(14-25(34)31(28)38)13-20(26-9-5-6-12-35-26)10-11-27-29-21(17-37)16-23-30(24(29)18-42-27)33(40)36(32(23)39)22-7-3-2-4-8-22/h5-6,9,12-15,22-24,27,30,37-38H,2-4,7-8,10-11,16-18H2,1H3/b20-13-/t23-,24+,27-,30-/m1/s1. The Balaban J connectivity index is 1.26. The molecule has 1 aromatic heterocycles. The van der Waals surface area contributed by atoms with Crippen molar-refractivity contribution >= 4 is 46.1 Å². The van der Waals surface area contributed by atoms with E-state index in [1.54, 1.807) is 17.2 Å². The fourth-order valence-corrected chi connectivity index (χ4v) is 8.12. The van der Waals surface area contributed by atoms with E-state index >= 15 is 0 Å². The second kappa shape index (κ2) is 12.5. The number of carbonyl (C=O) groups excluding carboxylic acids is 2. The topological polar surface area (TPSA) is 109 Å². The number of aromatic nitrogens is 1. The summed E-state index contributed by atoms with van der Waals surface area (Å²) in [6.45, 7) is 0.257. The summed E-state index contributed by atoms with van der Waals surface area (Å²) in [5, 5.41) is 20.7. The van der Waals surface area contributed by atoms with E-state index in [4.69, 9.17) is 9.47 Å². The van der Waals surface area contributed by atoms with Crippen molar-refractivity contribution in [1.29, 1.82) is 0 Å². The zero-order chi connectivity index (χ0) is 29.4. The highest BCUT2D eigenvalue weighted by Gasteiger charge is 2.58. The summed E-state index contributed by atoms with van der Waals surface area (Å²) in [6, 6.07) is 9.52. The van der Waals surface area contributed by atoms with Gasteiger partial charge in [-0.3, -0.25) is 19.5 Å². The molecule has 2 aliphatic heterocycles. The number of nitrogens with zero attached hydrogens (tertiary/aromatic N) is 2. The molecule has 2 aliphatic carbocycles. The van der Waals surface area contributed by atoms with Crippen LogP contribution in [0.4, 0.5) is 0 Å². The van der Waals surface area contributed by atoms with Crippen molar-refractivity contribution in [3.8, 4) is 11.5 Å². The maximum Gasteiger partial charge on any atom is 0.234 e. The number of ether oxygens (including phenoxy) is 2. The molecule has 0 spiro atoms. The maximum atomic E-state index is 13.8. The van der Waals surface area contributed by atoms with Crippen LogP contribution >= 0.6 is 22.6 Å². The smallest absolute Gasteiger partial charge is 0.234 e. The fraction of sp³-hybridized carbons (Fsp3) is 0.485. The quantitative estimate of drug-likeness (QED) is 0.219. The minimum atomic E-state index is -0.396. The van der Waals surface area contributed by atoms with Crippen molar-refractivity contribution in [2.45, 2.75) is 63.5 Å². The van der Waals surface area contributed by atoms with Gasteiger partial charge in [0.25, 0.3) is 0 Å². The number of aromatic hydroxyl groups is 1. The summed E-state index contributed by atoms with van der Waals surface area (Å²) in [5.41, 5.74) is 4.60. The van der Waals surface area contributed by atoms with Crippen LogP contribution in [-0.4, -0.2) is 64.4 Å². The summed E-state index contributed by atoms with van der Waals surface area (Å²) >= 11 is 2.09. The van der Waals surface area contributed by atoms with E-state index in [0.717, 1.165) is 60.1 Å². The van der Waals surface area contributed by atoms with E-state index in [0.29, 0.717) is 35.2 Å². The largest absolute Gasteiger partial charge is 0.504 e. The average molecular weight is 685 g/mol. The van der Waals surface area contributed by atoms with Gasteiger partial charge in [-0.05, 0) is 107 Å². The minimum Gasteiger partial charge on any atom is -0.504 e. The molecule has 9 heteroatoms. The number of hydrogen-bond acceptors (Lipinski definition) is 7. The van der Waals surface area contributed by atoms with Crippen molar-refractivity contribution < 1.29 is 29.3 Å². The number of phenolic OH excluding ortho intramolecular Hbond substituents is 1. The molecular formula is C33H37IN2O6. The first-order valence-corrected chi connectivity index (χ1v) is 16.0. The number of likely N-dealkylation sites (tertiary alicyclic amines) is 1. The molecule has 1 saturated carbocycles. The van der Waals surface area contributed by atoms with Gasteiger partial charge in [0.05, 0.1) is 47.5 Å². The Morgan fingerprint density at radius 3 is 2.69 bits per heavy atom. The highest BCUT2D eigenvalue weighted by molar-refractivity contribution is 14.1. The Kier molecular flexibility index (Phi) is 8.70. The van der Waals surface area contributed by atoms with Gasteiger partial charge in [0.1, 0.15) is 0 Å². The summed E-state index contributed by atoms with van der Waals surface area (Å²) in [5.74, 6) is -0.536. The van der Waals surface area contributed by atoms with Gasteiger partial charge in [-0.15, -0.1) is 0 Å². The van der Waals surface area contributed by atoms with E-state index in [2.05, 4.69) is 33.7 Å². The van der Waals surface area contributed by atoms with E-state index in [1.165, 1.54) is 7.11 Å². The lowest BCUT2D eigenvalue weighted by Crippen LogP contribution is -2.42. The highest BCUT2D eigenvalue weighted by atomic mass is 127. The number of aliphatic hydroxyl groups is 1. The van der Waals surface area contributed by atoms with Gasteiger partial charge < -0.3 is 19.7 Å². The molecular weight excluding hydrogens is 647 g/mol. The Bertz CT molecular complexity index is 1420. The van der Waals surface area contributed by atoms with Crippen molar-refractivity contribution in [1.82, 2.24) is 9.88 Å².